The molecule has 0 aliphatic carbocycles. The summed E-state index contributed by atoms with van der Waals surface area (Å²) in [6, 6.07) is 0.511. The SMILES string of the molecule is CCN1CC(CCO)N(C)CC(C)(C)C1. The minimum Gasteiger partial charge on any atom is -0.396 e. The Morgan fingerprint density at radius 3 is 2.53 bits per heavy atom. The molecule has 3 heteroatoms. The number of hydrogen-bond acceptors (Lipinski definition) is 3. The van der Waals surface area contributed by atoms with Crippen LogP contribution in [0.5, 0.6) is 0 Å². The molecule has 1 atom stereocenters. The fraction of sp³-hybridized carbons (Fsp3) is 1.00. The molecule has 1 heterocycles. The van der Waals surface area contributed by atoms with Gasteiger partial charge in [0.05, 0.1) is 0 Å². The van der Waals surface area contributed by atoms with Crippen molar-refractivity contribution in [2.75, 3.05) is 39.8 Å². The lowest BCUT2D eigenvalue weighted by Crippen LogP contribution is -2.39. The molecule has 0 saturated carbocycles. The molecule has 90 valence electrons. The Morgan fingerprint density at radius 1 is 1.33 bits per heavy atom. The second-order valence-corrected chi connectivity index (χ2v) is 5.57. The van der Waals surface area contributed by atoms with E-state index in [0.29, 0.717) is 18.1 Å². The lowest BCUT2D eigenvalue weighted by molar-refractivity contribution is 0.160. The Hall–Kier alpha value is -0.120. The van der Waals surface area contributed by atoms with E-state index in [1.165, 1.54) is 0 Å². The molecule has 1 aliphatic heterocycles. The zero-order chi connectivity index (χ0) is 11.5. The second-order valence-electron chi connectivity index (χ2n) is 5.57. The van der Waals surface area contributed by atoms with Gasteiger partial charge >= 0.3 is 0 Å². The van der Waals surface area contributed by atoms with Gasteiger partial charge in [-0.05, 0) is 25.4 Å². The minimum atomic E-state index is 0.299. The van der Waals surface area contributed by atoms with Gasteiger partial charge in [-0.1, -0.05) is 20.8 Å². The van der Waals surface area contributed by atoms with Gasteiger partial charge in [0.25, 0.3) is 0 Å². The van der Waals surface area contributed by atoms with Gasteiger partial charge < -0.3 is 14.9 Å². The predicted molar refractivity (Wildman–Crippen MR) is 64.0 cm³/mol. The zero-order valence-corrected chi connectivity index (χ0v) is 10.7. The summed E-state index contributed by atoms with van der Waals surface area (Å²) in [5, 5.41) is 9.07. The molecule has 0 aromatic rings. The fourth-order valence-electron chi connectivity index (χ4n) is 2.66. The van der Waals surface area contributed by atoms with Gasteiger partial charge in [0, 0.05) is 32.3 Å². The molecule has 0 radical (unpaired) electrons. The van der Waals surface area contributed by atoms with Gasteiger partial charge in [0.1, 0.15) is 0 Å². The molecular formula is C12H26N2O. The predicted octanol–water partition coefficient (Wildman–Crippen LogP) is 1.03. The average Bonchev–Trinajstić information content (AvgIpc) is 2.24. The van der Waals surface area contributed by atoms with Crippen LogP contribution in [-0.2, 0) is 0 Å². The first-order chi connectivity index (χ1) is 6.98. The van der Waals surface area contributed by atoms with Crippen LogP contribution in [-0.4, -0.2) is 60.8 Å². The van der Waals surface area contributed by atoms with E-state index in [9.17, 15) is 0 Å². The van der Waals surface area contributed by atoms with Gasteiger partial charge in [0.15, 0.2) is 0 Å². The Bertz CT molecular complexity index is 194. The fourth-order valence-corrected chi connectivity index (χ4v) is 2.66. The van der Waals surface area contributed by atoms with Crippen molar-refractivity contribution in [3.05, 3.63) is 0 Å². The minimum absolute atomic E-state index is 0.299. The first-order valence-corrected chi connectivity index (χ1v) is 6.02. The molecular weight excluding hydrogens is 188 g/mol. The summed E-state index contributed by atoms with van der Waals surface area (Å²) >= 11 is 0. The van der Waals surface area contributed by atoms with E-state index >= 15 is 0 Å². The topological polar surface area (TPSA) is 26.7 Å². The van der Waals surface area contributed by atoms with Gasteiger partial charge in [-0.25, -0.2) is 0 Å². The highest BCUT2D eigenvalue weighted by molar-refractivity contribution is 4.86. The highest BCUT2D eigenvalue weighted by Gasteiger charge is 2.31. The van der Waals surface area contributed by atoms with Crippen molar-refractivity contribution in [1.29, 1.82) is 0 Å². The lowest BCUT2D eigenvalue weighted by Gasteiger charge is -2.30. The van der Waals surface area contributed by atoms with Crippen molar-refractivity contribution >= 4 is 0 Å². The molecule has 0 aromatic carbocycles. The van der Waals surface area contributed by atoms with Crippen molar-refractivity contribution in [2.24, 2.45) is 5.41 Å². The lowest BCUT2D eigenvalue weighted by atomic mass is 9.92. The summed E-state index contributed by atoms with van der Waals surface area (Å²) in [5.74, 6) is 0. The third kappa shape index (κ3) is 3.74. The molecule has 1 fully saturated rings. The molecule has 0 aromatic heterocycles. The third-order valence-corrected chi connectivity index (χ3v) is 3.33. The molecule has 0 spiro atoms. The molecule has 15 heavy (non-hydrogen) atoms. The van der Waals surface area contributed by atoms with Crippen molar-refractivity contribution in [3.63, 3.8) is 0 Å². The van der Waals surface area contributed by atoms with Gasteiger partial charge in [-0.15, -0.1) is 0 Å². The molecule has 1 aliphatic rings. The van der Waals surface area contributed by atoms with Gasteiger partial charge in [-0.3, -0.25) is 0 Å². The Labute approximate surface area is 94.1 Å². The van der Waals surface area contributed by atoms with Crippen LogP contribution in [0.25, 0.3) is 0 Å². The molecule has 1 saturated heterocycles. The van der Waals surface area contributed by atoms with E-state index in [4.69, 9.17) is 5.11 Å². The van der Waals surface area contributed by atoms with Gasteiger partial charge in [-0.2, -0.15) is 0 Å². The van der Waals surface area contributed by atoms with E-state index in [-0.39, 0.29) is 0 Å². The van der Waals surface area contributed by atoms with E-state index in [0.717, 1.165) is 32.6 Å². The summed E-state index contributed by atoms with van der Waals surface area (Å²) in [7, 11) is 2.18. The number of nitrogens with zero attached hydrogens (tertiary/aromatic N) is 2. The molecule has 3 nitrogen and oxygen atoms in total. The summed E-state index contributed by atoms with van der Waals surface area (Å²) in [5.41, 5.74) is 0.356. The quantitative estimate of drug-likeness (QED) is 0.760. The number of aliphatic hydroxyl groups is 1. The standard InChI is InChI=1S/C12H26N2O/c1-5-14-8-11(6-7-15)13(4)9-12(2,3)10-14/h11,15H,5-10H2,1-4H3. The maximum atomic E-state index is 9.07. The third-order valence-electron chi connectivity index (χ3n) is 3.33. The van der Waals surface area contributed by atoms with E-state index < -0.39 is 0 Å². The zero-order valence-electron chi connectivity index (χ0n) is 10.7. The van der Waals surface area contributed by atoms with E-state index in [1.807, 2.05) is 0 Å². The molecule has 1 N–H and O–H groups in total. The van der Waals surface area contributed by atoms with E-state index in [1.54, 1.807) is 0 Å². The van der Waals surface area contributed by atoms with Crippen molar-refractivity contribution < 1.29 is 5.11 Å². The van der Waals surface area contributed by atoms with Crippen LogP contribution >= 0.6 is 0 Å². The monoisotopic (exact) mass is 214 g/mol. The smallest absolute Gasteiger partial charge is 0.0446 e. The summed E-state index contributed by atoms with van der Waals surface area (Å²) in [4.78, 5) is 4.91. The average molecular weight is 214 g/mol. The first kappa shape index (κ1) is 12.9. The Balaban J connectivity index is 2.68. The number of likely N-dealkylation sites (N-methyl/N-ethyl adjacent to an activating group) is 2. The number of aliphatic hydroxyl groups excluding tert-OH is 1. The maximum absolute atomic E-state index is 9.07. The molecule has 1 rings (SSSR count). The van der Waals surface area contributed by atoms with Crippen LogP contribution in [0.1, 0.15) is 27.2 Å². The summed E-state index contributed by atoms with van der Waals surface area (Å²) < 4.78 is 0. The largest absolute Gasteiger partial charge is 0.396 e. The van der Waals surface area contributed by atoms with Crippen LogP contribution < -0.4 is 0 Å². The molecule has 0 bridgehead atoms. The van der Waals surface area contributed by atoms with Crippen LogP contribution in [0.2, 0.25) is 0 Å². The Kier molecular flexibility index (Phi) is 4.56. The van der Waals surface area contributed by atoms with Crippen molar-refractivity contribution in [3.8, 4) is 0 Å². The van der Waals surface area contributed by atoms with Crippen LogP contribution in [0.15, 0.2) is 0 Å². The van der Waals surface area contributed by atoms with Gasteiger partial charge in [0.2, 0.25) is 0 Å². The summed E-state index contributed by atoms with van der Waals surface area (Å²) in [6.45, 7) is 11.7. The van der Waals surface area contributed by atoms with Crippen molar-refractivity contribution in [2.45, 2.75) is 33.2 Å². The van der Waals surface area contributed by atoms with Crippen LogP contribution in [0, 0.1) is 5.41 Å². The molecule has 1 unspecified atom stereocenters. The number of hydrogen-bond donors (Lipinski definition) is 1. The first-order valence-electron chi connectivity index (χ1n) is 6.02. The van der Waals surface area contributed by atoms with Crippen LogP contribution in [0.4, 0.5) is 0 Å². The van der Waals surface area contributed by atoms with Crippen molar-refractivity contribution in [1.82, 2.24) is 9.80 Å². The highest BCUT2D eigenvalue weighted by atomic mass is 16.3. The number of rotatable bonds is 3. The highest BCUT2D eigenvalue weighted by Crippen LogP contribution is 2.24. The molecule has 0 amide bonds. The maximum Gasteiger partial charge on any atom is 0.0446 e. The normalized spacial score (nSPS) is 29.0. The second kappa shape index (κ2) is 5.28. The van der Waals surface area contributed by atoms with E-state index in [2.05, 4.69) is 37.6 Å². The van der Waals surface area contributed by atoms with Crippen LogP contribution in [0.3, 0.4) is 0 Å². The Morgan fingerprint density at radius 2 is 2.00 bits per heavy atom. The summed E-state index contributed by atoms with van der Waals surface area (Å²) in [6.07, 6.45) is 0.892.